The predicted molar refractivity (Wildman–Crippen MR) is 118 cm³/mol. The van der Waals surface area contributed by atoms with Gasteiger partial charge in [0, 0.05) is 5.56 Å². The highest BCUT2D eigenvalue weighted by atomic mass is 19.1. The van der Waals surface area contributed by atoms with E-state index < -0.39 is 5.91 Å². The molecule has 33 heavy (non-hydrogen) atoms. The van der Waals surface area contributed by atoms with Crippen LogP contribution in [-0.2, 0) is 6.54 Å². The molecule has 0 aliphatic heterocycles. The van der Waals surface area contributed by atoms with Crippen LogP contribution in [0.25, 0.3) is 28.3 Å². The number of imidazole rings is 2. The van der Waals surface area contributed by atoms with Crippen molar-refractivity contribution < 1.29 is 13.6 Å². The molecule has 1 amide bonds. The lowest BCUT2D eigenvalue weighted by molar-refractivity contribution is 0.0993. The van der Waals surface area contributed by atoms with Crippen LogP contribution in [0.1, 0.15) is 16.3 Å². The highest BCUT2D eigenvalue weighted by Gasteiger charge is 2.18. The lowest BCUT2D eigenvalue weighted by Crippen LogP contribution is -2.15. The largest absolute Gasteiger partial charge is 0.375 e. The van der Waals surface area contributed by atoms with Crippen molar-refractivity contribution in [1.82, 2.24) is 24.6 Å². The summed E-state index contributed by atoms with van der Waals surface area (Å²) < 4.78 is 28.8. The molecule has 0 fully saturated rings. The minimum absolute atomic E-state index is 0.132. The Hall–Kier alpha value is -4.60. The van der Waals surface area contributed by atoms with Crippen LogP contribution in [0.15, 0.2) is 66.9 Å². The molecule has 0 saturated heterocycles. The highest BCUT2D eigenvalue weighted by Crippen LogP contribution is 2.30. The molecule has 2 aromatic carbocycles. The highest BCUT2D eigenvalue weighted by molar-refractivity contribution is 5.91. The molecule has 5 aromatic rings. The lowest BCUT2D eigenvalue weighted by Gasteiger charge is -2.05. The van der Waals surface area contributed by atoms with Gasteiger partial charge in [0.15, 0.2) is 5.65 Å². The molecule has 0 aliphatic carbocycles. The summed E-state index contributed by atoms with van der Waals surface area (Å²) in [7, 11) is 0. The summed E-state index contributed by atoms with van der Waals surface area (Å²) >= 11 is 0. The molecule has 4 N–H and O–H groups in total. The summed E-state index contributed by atoms with van der Waals surface area (Å²) in [6, 6.07) is 15.6. The Balaban J connectivity index is 1.58. The number of primary amides is 1. The molecule has 0 bridgehead atoms. The van der Waals surface area contributed by atoms with Gasteiger partial charge in [0.05, 0.1) is 24.1 Å². The van der Waals surface area contributed by atoms with Gasteiger partial charge in [-0.05, 0) is 48.5 Å². The maximum atomic E-state index is 14.0. The average Bonchev–Trinajstić information content (AvgIpc) is 3.43. The number of carbonyl (C=O) groups is 1. The molecule has 0 aliphatic rings. The number of benzene rings is 2. The van der Waals surface area contributed by atoms with Crippen molar-refractivity contribution in [1.29, 1.82) is 0 Å². The first-order valence-corrected chi connectivity index (χ1v) is 9.98. The van der Waals surface area contributed by atoms with Crippen LogP contribution >= 0.6 is 0 Å². The smallest absolute Gasteiger partial charge is 0.269 e. The predicted octanol–water partition coefficient (Wildman–Crippen LogP) is 3.78. The van der Waals surface area contributed by atoms with Gasteiger partial charge in [-0.1, -0.05) is 12.1 Å². The van der Waals surface area contributed by atoms with E-state index in [1.165, 1.54) is 28.9 Å². The number of fused-ring (bicyclic) bond motifs is 1. The van der Waals surface area contributed by atoms with Crippen molar-refractivity contribution in [3.05, 3.63) is 90.0 Å². The third-order valence-corrected chi connectivity index (χ3v) is 5.06. The van der Waals surface area contributed by atoms with Crippen LogP contribution in [0.2, 0.25) is 0 Å². The Labute approximate surface area is 186 Å². The fraction of sp³-hybridized carbons (Fsp3) is 0.0435. The molecule has 0 atom stereocenters. The first-order chi connectivity index (χ1) is 16.0. The van der Waals surface area contributed by atoms with E-state index in [-0.39, 0.29) is 23.9 Å². The normalized spacial score (nSPS) is 11.1. The number of aromatic amines is 1. The van der Waals surface area contributed by atoms with E-state index in [0.29, 0.717) is 39.8 Å². The number of aromatic nitrogens is 5. The number of rotatable bonds is 6. The topological polar surface area (TPSA) is 114 Å². The van der Waals surface area contributed by atoms with Crippen molar-refractivity contribution in [2.75, 3.05) is 5.32 Å². The maximum Gasteiger partial charge on any atom is 0.269 e. The Morgan fingerprint density at radius 3 is 2.61 bits per heavy atom. The number of H-pyrrole nitrogens is 1. The molecule has 3 aromatic heterocycles. The van der Waals surface area contributed by atoms with Crippen LogP contribution in [0.5, 0.6) is 0 Å². The van der Waals surface area contributed by atoms with Gasteiger partial charge >= 0.3 is 0 Å². The van der Waals surface area contributed by atoms with E-state index >= 15 is 0 Å². The van der Waals surface area contributed by atoms with E-state index in [1.54, 1.807) is 42.5 Å². The van der Waals surface area contributed by atoms with Gasteiger partial charge in [0.25, 0.3) is 5.91 Å². The Morgan fingerprint density at radius 1 is 1.06 bits per heavy atom. The number of para-hydroxylation sites is 1. The molecule has 8 nitrogen and oxygen atoms in total. The van der Waals surface area contributed by atoms with Gasteiger partial charge < -0.3 is 16.0 Å². The zero-order valence-electron chi connectivity index (χ0n) is 17.1. The summed E-state index contributed by atoms with van der Waals surface area (Å²) in [5.41, 5.74) is 8.52. The molecule has 0 spiro atoms. The standard InChI is InChI=1S/C23H17F2N7O/c24-14-7-5-13(6-8-14)21-22(17-9-10-20-28-11-18(23(26)33)32(20)31-17)30-19(29-21)12-27-16-4-2-1-3-15(16)25/h1-11,27H,12H2,(H2,26,33)(H,29,30). The van der Waals surface area contributed by atoms with Crippen molar-refractivity contribution in [3.8, 4) is 22.6 Å². The second-order valence-corrected chi connectivity index (χ2v) is 7.24. The van der Waals surface area contributed by atoms with Gasteiger partial charge in [-0.3, -0.25) is 4.79 Å². The van der Waals surface area contributed by atoms with Crippen molar-refractivity contribution >= 4 is 17.2 Å². The zero-order chi connectivity index (χ0) is 22.9. The Kier molecular flexibility index (Phi) is 5.02. The van der Waals surface area contributed by atoms with Crippen molar-refractivity contribution in [3.63, 3.8) is 0 Å². The summed E-state index contributed by atoms with van der Waals surface area (Å²) in [5, 5.41) is 7.50. The zero-order valence-corrected chi connectivity index (χ0v) is 17.1. The molecule has 10 heteroatoms. The summed E-state index contributed by atoms with van der Waals surface area (Å²) in [5.74, 6) is -0.905. The number of hydrogen-bond acceptors (Lipinski definition) is 5. The first-order valence-electron chi connectivity index (χ1n) is 9.98. The van der Waals surface area contributed by atoms with Crippen molar-refractivity contribution in [2.24, 2.45) is 5.73 Å². The fourth-order valence-electron chi connectivity index (χ4n) is 3.47. The molecule has 3 heterocycles. The molecule has 164 valence electrons. The maximum absolute atomic E-state index is 14.0. The Morgan fingerprint density at radius 2 is 1.85 bits per heavy atom. The average molecular weight is 445 g/mol. The minimum atomic E-state index is -0.664. The number of hydrogen-bond donors (Lipinski definition) is 3. The fourth-order valence-corrected chi connectivity index (χ4v) is 3.47. The summed E-state index contributed by atoms with van der Waals surface area (Å²) in [6.07, 6.45) is 1.35. The van der Waals surface area contributed by atoms with Crippen LogP contribution in [0, 0.1) is 11.6 Å². The molecular weight excluding hydrogens is 428 g/mol. The number of halogens is 2. The molecule has 0 saturated carbocycles. The SMILES string of the molecule is NC(=O)c1cnc2ccc(-c3nc(CNc4ccccc4F)[nH]c3-c3ccc(F)cc3)nn12. The van der Waals surface area contributed by atoms with E-state index in [0.717, 1.165) is 0 Å². The van der Waals surface area contributed by atoms with E-state index in [4.69, 9.17) is 5.73 Å². The van der Waals surface area contributed by atoms with Crippen LogP contribution < -0.4 is 11.1 Å². The Bertz CT molecular complexity index is 1470. The quantitative estimate of drug-likeness (QED) is 0.368. The number of amides is 1. The third-order valence-electron chi connectivity index (χ3n) is 5.06. The van der Waals surface area contributed by atoms with Gasteiger partial charge in [0.2, 0.25) is 0 Å². The van der Waals surface area contributed by atoms with Crippen LogP contribution in [0.4, 0.5) is 14.5 Å². The number of anilines is 1. The number of carbonyl (C=O) groups excluding carboxylic acids is 1. The van der Waals surface area contributed by atoms with Crippen LogP contribution in [-0.4, -0.2) is 30.5 Å². The monoisotopic (exact) mass is 445 g/mol. The summed E-state index contributed by atoms with van der Waals surface area (Å²) in [4.78, 5) is 23.7. The van der Waals surface area contributed by atoms with Gasteiger partial charge in [-0.2, -0.15) is 5.10 Å². The second-order valence-electron chi connectivity index (χ2n) is 7.24. The van der Waals surface area contributed by atoms with Gasteiger partial charge in [0.1, 0.15) is 34.5 Å². The molecule has 5 rings (SSSR count). The van der Waals surface area contributed by atoms with E-state index in [2.05, 4.69) is 25.4 Å². The third kappa shape index (κ3) is 3.89. The number of nitrogens with one attached hydrogen (secondary N) is 2. The molecule has 0 radical (unpaired) electrons. The first kappa shape index (κ1) is 20.3. The summed E-state index contributed by atoms with van der Waals surface area (Å²) in [6.45, 7) is 0.203. The van der Waals surface area contributed by atoms with Crippen LogP contribution in [0.3, 0.4) is 0 Å². The lowest BCUT2D eigenvalue weighted by atomic mass is 10.1. The molecular formula is C23H17F2N7O. The number of nitrogens with two attached hydrogens (primary N) is 1. The van der Waals surface area contributed by atoms with Crippen molar-refractivity contribution in [2.45, 2.75) is 6.54 Å². The minimum Gasteiger partial charge on any atom is -0.375 e. The van der Waals surface area contributed by atoms with E-state index in [1.807, 2.05) is 0 Å². The second kappa shape index (κ2) is 8.15. The number of nitrogens with zero attached hydrogens (tertiary/aromatic N) is 4. The van der Waals surface area contributed by atoms with Gasteiger partial charge in [-0.15, -0.1) is 0 Å². The van der Waals surface area contributed by atoms with E-state index in [9.17, 15) is 13.6 Å². The van der Waals surface area contributed by atoms with Gasteiger partial charge in [-0.25, -0.2) is 23.3 Å². The molecule has 0 unspecified atom stereocenters.